The van der Waals surface area contributed by atoms with Gasteiger partial charge in [0.25, 0.3) is 0 Å². The normalized spacial score (nSPS) is 13.4. The molecular weight excluding hydrogens is 356 g/mol. The van der Waals surface area contributed by atoms with E-state index in [-0.39, 0.29) is 5.97 Å². The predicted octanol–water partition coefficient (Wildman–Crippen LogP) is 4.11. The minimum absolute atomic E-state index is 0.349. The third-order valence-electron chi connectivity index (χ3n) is 4.43. The van der Waals surface area contributed by atoms with Gasteiger partial charge in [-0.15, -0.1) is 0 Å². The number of nitrogens with zero attached hydrogens (tertiary/aromatic N) is 2. The fourth-order valence-corrected chi connectivity index (χ4v) is 3.04. The largest absolute Gasteiger partial charge is 0.476 e. The summed E-state index contributed by atoms with van der Waals surface area (Å²) in [6.45, 7) is 11.5. The first-order valence-electron chi connectivity index (χ1n) is 9.79. The van der Waals surface area contributed by atoms with Crippen molar-refractivity contribution in [1.29, 1.82) is 0 Å². The number of hydrogen-bond donors (Lipinski definition) is 0. The van der Waals surface area contributed by atoms with Gasteiger partial charge in [-0.3, -0.25) is 0 Å². The van der Waals surface area contributed by atoms with Gasteiger partial charge in [-0.25, -0.2) is 9.78 Å². The molecule has 0 spiro atoms. The van der Waals surface area contributed by atoms with Crippen molar-refractivity contribution in [2.75, 3.05) is 44.9 Å². The molecule has 6 heteroatoms. The second-order valence-electron chi connectivity index (χ2n) is 6.10. The van der Waals surface area contributed by atoms with Crippen LogP contribution in [0.1, 0.15) is 36.7 Å². The Kier molecular flexibility index (Phi) is 8.26. The monoisotopic (exact) mass is 386 g/mol. The predicted molar refractivity (Wildman–Crippen MR) is 111 cm³/mol. The molecule has 6 nitrogen and oxygen atoms in total. The Morgan fingerprint density at radius 2 is 1.93 bits per heavy atom. The van der Waals surface area contributed by atoms with Gasteiger partial charge >= 0.3 is 5.97 Å². The molecule has 2 aromatic rings. The summed E-state index contributed by atoms with van der Waals surface area (Å²) in [6.07, 6.45) is 1.79. The first kappa shape index (κ1) is 21.7. The van der Waals surface area contributed by atoms with Crippen molar-refractivity contribution in [3.05, 3.63) is 41.6 Å². The van der Waals surface area contributed by atoms with Gasteiger partial charge in [0.05, 0.1) is 32.5 Å². The van der Waals surface area contributed by atoms with Crippen molar-refractivity contribution >= 4 is 11.7 Å². The zero-order chi connectivity index (χ0) is 20.5. The maximum absolute atomic E-state index is 11.9. The SMILES string of the molecule is CC.CCOc1ncc(-c2cc(C(=O)OC)ccc2C)cc1N1CCOCC1. The molecule has 0 bridgehead atoms. The number of aryl methyl sites for hydroxylation is 1. The maximum Gasteiger partial charge on any atom is 0.337 e. The zero-order valence-corrected chi connectivity index (χ0v) is 17.4. The van der Waals surface area contributed by atoms with Crippen molar-refractivity contribution in [1.82, 2.24) is 4.98 Å². The number of esters is 1. The number of hydrogen-bond acceptors (Lipinski definition) is 6. The lowest BCUT2D eigenvalue weighted by Crippen LogP contribution is -2.36. The van der Waals surface area contributed by atoms with Gasteiger partial charge in [-0.2, -0.15) is 0 Å². The van der Waals surface area contributed by atoms with Gasteiger partial charge in [-0.05, 0) is 43.2 Å². The average molecular weight is 386 g/mol. The van der Waals surface area contributed by atoms with Crippen LogP contribution >= 0.6 is 0 Å². The van der Waals surface area contributed by atoms with Crippen LogP contribution in [0.5, 0.6) is 5.88 Å². The summed E-state index contributed by atoms with van der Waals surface area (Å²) in [7, 11) is 1.39. The molecule has 2 heterocycles. The maximum atomic E-state index is 11.9. The van der Waals surface area contributed by atoms with Crippen LogP contribution in [0, 0.1) is 6.92 Å². The molecule has 3 rings (SSSR count). The smallest absolute Gasteiger partial charge is 0.337 e. The van der Waals surface area contributed by atoms with Gasteiger partial charge in [0, 0.05) is 24.8 Å². The van der Waals surface area contributed by atoms with Crippen LogP contribution in [0.4, 0.5) is 5.69 Å². The Bertz CT molecular complexity index is 786. The number of carbonyl (C=O) groups is 1. The molecule has 1 aliphatic heterocycles. The van der Waals surface area contributed by atoms with E-state index in [0.29, 0.717) is 31.3 Å². The van der Waals surface area contributed by atoms with Crippen LogP contribution in [0.15, 0.2) is 30.5 Å². The van der Waals surface area contributed by atoms with Crippen LogP contribution in [-0.4, -0.2) is 51.0 Å². The third-order valence-corrected chi connectivity index (χ3v) is 4.43. The van der Waals surface area contributed by atoms with Crippen LogP contribution in [0.25, 0.3) is 11.1 Å². The molecule has 1 fully saturated rings. The van der Waals surface area contributed by atoms with Gasteiger partial charge in [0.15, 0.2) is 0 Å². The Labute approximate surface area is 167 Å². The molecule has 0 aliphatic carbocycles. The number of methoxy groups -OCH3 is 1. The Hall–Kier alpha value is -2.60. The molecule has 0 N–H and O–H groups in total. The van der Waals surface area contributed by atoms with Crippen LogP contribution in [0.2, 0.25) is 0 Å². The Morgan fingerprint density at radius 3 is 2.57 bits per heavy atom. The highest BCUT2D eigenvalue weighted by Gasteiger charge is 2.19. The van der Waals surface area contributed by atoms with E-state index >= 15 is 0 Å². The number of aromatic nitrogens is 1. The molecule has 1 aromatic carbocycles. The van der Waals surface area contributed by atoms with Crippen LogP contribution in [-0.2, 0) is 9.47 Å². The van der Waals surface area contributed by atoms with Crippen LogP contribution < -0.4 is 9.64 Å². The molecule has 0 atom stereocenters. The number of ether oxygens (including phenoxy) is 3. The average Bonchev–Trinajstić information content (AvgIpc) is 2.76. The summed E-state index contributed by atoms with van der Waals surface area (Å²) < 4.78 is 16.0. The molecule has 28 heavy (non-hydrogen) atoms. The highest BCUT2D eigenvalue weighted by molar-refractivity contribution is 5.91. The minimum Gasteiger partial charge on any atom is -0.476 e. The van der Waals surface area contributed by atoms with Crippen molar-refractivity contribution in [2.24, 2.45) is 0 Å². The van der Waals surface area contributed by atoms with Gasteiger partial charge in [0.1, 0.15) is 5.69 Å². The molecule has 152 valence electrons. The van der Waals surface area contributed by atoms with E-state index in [1.807, 2.05) is 39.8 Å². The van der Waals surface area contributed by atoms with E-state index in [2.05, 4.69) is 16.0 Å². The lowest BCUT2D eigenvalue weighted by Gasteiger charge is -2.30. The van der Waals surface area contributed by atoms with Gasteiger partial charge in [-0.1, -0.05) is 19.9 Å². The fourth-order valence-electron chi connectivity index (χ4n) is 3.04. The number of carbonyl (C=O) groups excluding carboxylic acids is 1. The van der Waals surface area contributed by atoms with Crippen molar-refractivity contribution < 1.29 is 19.0 Å². The molecule has 1 saturated heterocycles. The topological polar surface area (TPSA) is 60.9 Å². The highest BCUT2D eigenvalue weighted by atomic mass is 16.5. The lowest BCUT2D eigenvalue weighted by atomic mass is 9.99. The fraction of sp³-hybridized carbons (Fsp3) is 0.455. The quantitative estimate of drug-likeness (QED) is 0.721. The third kappa shape index (κ3) is 5.01. The van der Waals surface area contributed by atoms with E-state index in [4.69, 9.17) is 14.2 Å². The Morgan fingerprint density at radius 1 is 1.21 bits per heavy atom. The van der Waals surface area contributed by atoms with E-state index in [1.165, 1.54) is 7.11 Å². The van der Waals surface area contributed by atoms with E-state index < -0.39 is 0 Å². The summed E-state index contributed by atoms with van der Waals surface area (Å²) in [5.41, 5.74) is 4.44. The van der Waals surface area contributed by atoms with Crippen molar-refractivity contribution in [3.8, 4) is 17.0 Å². The molecular formula is C22H30N2O4. The molecule has 1 aromatic heterocycles. The van der Waals surface area contributed by atoms with E-state index in [0.717, 1.165) is 35.5 Å². The second-order valence-corrected chi connectivity index (χ2v) is 6.10. The first-order valence-corrected chi connectivity index (χ1v) is 9.79. The summed E-state index contributed by atoms with van der Waals surface area (Å²) in [6, 6.07) is 7.62. The molecule has 0 unspecified atom stereocenters. The molecule has 1 aliphatic rings. The molecule has 0 radical (unpaired) electrons. The summed E-state index contributed by atoms with van der Waals surface area (Å²) in [5, 5.41) is 0. The minimum atomic E-state index is -0.349. The number of pyridine rings is 1. The summed E-state index contributed by atoms with van der Waals surface area (Å²) in [5.74, 6) is 0.276. The summed E-state index contributed by atoms with van der Waals surface area (Å²) >= 11 is 0. The molecule has 0 saturated carbocycles. The highest BCUT2D eigenvalue weighted by Crippen LogP contribution is 2.33. The van der Waals surface area contributed by atoms with Crippen molar-refractivity contribution in [3.63, 3.8) is 0 Å². The summed E-state index contributed by atoms with van der Waals surface area (Å²) in [4.78, 5) is 18.6. The standard InChI is InChI=1S/C20H24N2O4.C2H6/c1-4-26-19-18(22-7-9-25-10-8-22)12-16(13-21-19)17-11-15(20(23)24-3)6-5-14(17)2;1-2/h5-6,11-13H,4,7-10H2,1-3H3;1-2H3. The van der Waals surface area contributed by atoms with Gasteiger partial charge in [0.2, 0.25) is 5.88 Å². The first-order chi connectivity index (χ1) is 13.6. The zero-order valence-electron chi connectivity index (χ0n) is 17.4. The second kappa shape index (κ2) is 10.7. The number of benzene rings is 1. The molecule has 0 amide bonds. The number of morpholine rings is 1. The van der Waals surface area contributed by atoms with Gasteiger partial charge < -0.3 is 19.1 Å². The number of rotatable bonds is 5. The Balaban J connectivity index is 0.00000136. The van der Waals surface area contributed by atoms with E-state index in [1.54, 1.807) is 12.3 Å². The van der Waals surface area contributed by atoms with Crippen LogP contribution in [0.3, 0.4) is 0 Å². The lowest BCUT2D eigenvalue weighted by molar-refractivity contribution is 0.0601. The number of anilines is 1. The van der Waals surface area contributed by atoms with Crippen molar-refractivity contribution in [2.45, 2.75) is 27.7 Å². The van der Waals surface area contributed by atoms with E-state index in [9.17, 15) is 4.79 Å².